The molecule has 8 heteroatoms. The number of hydrogen-bond acceptors (Lipinski definition) is 6. The minimum Gasteiger partial charge on any atom is -0.308 e. The Balaban J connectivity index is 1.71. The summed E-state index contributed by atoms with van der Waals surface area (Å²) in [5, 5.41) is 0.588. The van der Waals surface area contributed by atoms with E-state index in [0.717, 1.165) is 24.0 Å². The van der Waals surface area contributed by atoms with Crippen LogP contribution in [0.5, 0.6) is 0 Å². The first-order valence-electron chi connectivity index (χ1n) is 10.4. The summed E-state index contributed by atoms with van der Waals surface area (Å²) < 4.78 is 24.6. The van der Waals surface area contributed by atoms with Gasteiger partial charge in [0, 0.05) is 24.9 Å². The Morgan fingerprint density at radius 1 is 1.03 bits per heavy atom. The highest BCUT2D eigenvalue weighted by Crippen LogP contribution is 2.32. The van der Waals surface area contributed by atoms with E-state index in [1.54, 1.807) is 23.1 Å². The van der Waals surface area contributed by atoms with Crippen LogP contribution in [0.1, 0.15) is 34.3 Å². The molecule has 0 saturated heterocycles. The zero-order valence-electron chi connectivity index (χ0n) is 18.1. The molecule has 31 heavy (non-hydrogen) atoms. The van der Waals surface area contributed by atoms with Gasteiger partial charge in [-0.25, -0.2) is 13.4 Å². The van der Waals surface area contributed by atoms with Crippen LogP contribution in [0, 0.1) is 0 Å². The maximum atomic E-state index is 13.5. The van der Waals surface area contributed by atoms with Crippen molar-refractivity contribution in [3.05, 3.63) is 53.1 Å². The standard InChI is InChI=1S/C23H27N3O3S2/c1-25(2)12-13-26(22(27)18-9-8-16-6-4-5-7-17(16)14-18)23-24-20-11-10-19(31(3,28)29)15-21(20)30-23/h8-11,14-15H,4-7,12-13H2,1-3H3. The zero-order valence-corrected chi connectivity index (χ0v) is 19.7. The number of amides is 1. The fraction of sp³-hybridized carbons (Fsp3) is 0.391. The number of rotatable bonds is 6. The van der Waals surface area contributed by atoms with Crippen molar-refractivity contribution in [2.45, 2.75) is 30.6 Å². The second-order valence-corrected chi connectivity index (χ2v) is 11.4. The number of benzene rings is 2. The number of nitrogens with zero attached hydrogens (tertiary/aromatic N) is 3. The van der Waals surface area contributed by atoms with Crippen molar-refractivity contribution in [3.8, 4) is 0 Å². The van der Waals surface area contributed by atoms with Gasteiger partial charge in [-0.3, -0.25) is 9.69 Å². The lowest BCUT2D eigenvalue weighted by Crippen LogP contribution is -2.36. The van der Waals surface area contributed by atoms with Crippen molar-refractivity contribution < 1.29 is 13.2 Å². The molecule has 0 radical (unpaired) electrons. The average molecular weight is 458 g/mol. The lowest BCUT2D eigenvalue weighted by Gasteiger charge is -2.23. The Kier molecular flexibility index (Phi) is 6.14. The highest BCUT2D eigenvalue weighted by Gasteiger charge is 2.23. The smallest absolute Gasteiger partial charge is 0.260 e. The van der Waals surface area contributed by atoms with Gasteiger partial charge >= 0.3 is 0 Å². The Labute approximate surface area is 187 Å². The maximum absolute atomic E-state index is 13.5. The van der Waals surface area contributed by atoms with Gasteiger partial charge in [0.05, 0.1) is 15.1 Å². The van der Waals surface area contributed by atoms with E-state index in [1.165, 1.54) is 35.1 Å². The van der Waals surface area contributed by atoms with E-state index in [4.69, 9.17) is 0 Å². The normalized spacial score (nSPS) is 14.1. The van der Waals surface area contributed by atoms with Gasteiger partial charge < -0.3 is 4.90 Å². The van der Waals surface area contributed by atoms with Crippen LogP contribution < -0.4 is 4.90 Å². The Morgan fingerprint density at radius 3 is 2.48 bits per heavy atom. The number of hydrogen-bond donors (Lipinski definition) is 0. The molecule has 1 aliphatic rings. The molecular weight excluding hydrogens is 430 g/mol. The molecule has 0 aliphatic heterocycles. The minimum atomic E-state index is -3.30. The van der Waals surface area contributed by atoms with E-state index < -0.39 is 9.84 Å². The molecule has 6 nitrogen and oxygen atoms in total. The third kappa shape index (κ3) is 4.81. The summed E-state index contributed by atoms with van der Waals surface area (Å²) >= 11 is 1.35. The number of anilines is 1. The fourth-order valence-electron chi connectivity index (χ4n) is 3.85. The highest BCUT2D eigenvalue weighted by molar-refractivity contribution is 7.90. The van der Waals surface area contributed by atoms with Gasteiger partial charge in [0.25, 0.3) is 5.91 Å². The van der Waals surface area contributed by atoms with E-state index in [2.05, 4.69) is 11.1 Å². The molecule has 0 bridgehead atoms. The van der Waals surface area contributed by atoms with Crippen LogP contribution in [0.2, 0.25) is 0 Å². The van der Waals surface area contributed by atoms with Crippen molar-refractivity contribution in [2.75, 3.05) is 38.3 Å². The summed E-state index contributed by atoms with van der Waals surface area (Å²) in [6, 6.07) is 11.0. The van der Waals surface area contributed by atoms with Crippen LogP contribution in [0.15, 0.2) is 41.3 Å². The number of sulfone groups is 1. The van der Waals surface area contributed by atoms with Gasteiger partial charge in [-0.1, -0.05) is 17.4 Å². The molecule has 1 aromatic heterocycles. The van der Waals surface area contributed by atoms with Crippen LogP contribution >= 0.6 is 11.3 Å². The highest BCUT2D eigenvalue weighted by atomic mass is 32.2. The van der Waals surface area contributed by atoms with Gasteiger partial charge in [-0.2, -0.15) is 0 Å². The van der Waals surface area contributed by atoms with Crippen LogP contribution in [0.4, 0.5) is 5.13 Å². The van der Waals surface area contributed by atoms with E-state index in [-0.39, 0.29) is 10.8 Å². The molecule has 0 unspecified atom stereocenters. The zero-order chi connectivity index (χ0) is 22.2. The van der Waals surface area contributed by atoms with Crippen LogP contribution in [-0.4, -0.2) is 57.6 Å². The largest absolute Gasteiger partial charge is 0.308 e. The molecule has 4 rings (SSSR count). The predicted octanol–water partition coefficient (Wildman–Crippen LogP) is 3.79. The summed E-state index contributed by atoms with van der Waals surface area (Å²) in [5.74, 6) is -0.0717. The molecule has 0 saturated carbocycles. The monoisotopic (exact) mass is 457 g/mol. The van der Waals surface area contributed by atoms with Crippen molar-refractivity contribution in [1.82, 2.24) is 9.88 Å². The summed E-state index contributed by atoms with van der Waals surface area (Å²) in [5.41, 5.74) is 3.98. The molecule has 3 aromatic rings. The number of thiazole rings is 1. The molecule has 2 aromatic carbocycles. The van der Waals surface area contributed by atoms with Crippen molar-refractivity contribution in [3.63, 3.8) is 0 Å². The van der Waals surface area contributed by atoms with Gasteiger partial charge in [0.15, 0.2) is 15.0 Å². The Hall–Kier alpha value is -2.29. The molecule has 1 heterocycles. The molecule has 0 N–H and O–H groups in total. The Morgan fingerprint density at radius 2 is 1.77 bits per heavy atom. The lowest BCUT2D eigenvalue weighted by molar-refractivity contribution is 0.0985. The molecule has 0 atom stereocenters. The Bertz CT molecular complexity index is 1230. The molecule has 1 amide bonds. The van der Waals surface area contributed by atoms with Crippen LogP contribution in [-0.2, 0) is 22.7 Å². The molecule has 0 spiro atoms. The summed E-state index contributed by atoms with van der Waals surface area (Å²) in [7, 11) is 0.638. The second-order valence-electron chi connectivity index (χ2n) is 8.35. The van der Waals surface area contributed by atoms with Gasteiger partial charge in [0.1, 0.15) is 0 Å². The quantitative estimate of drug-likeness (QED) is 0.563. The summed E-state index contributed by atoms with van der Waals surface area (Å²) in [6.45, 7) is 1.20. The summed E-state index contributed by atoms with van der Waals surface area (Å²) in [6.07, 6.45) is 5.66. The summed E-state index contributed by atoms with van der Waals surface area (Å²) in [4.78, 5) is 22.2. The number of aryl methyl sites for hydroxylation is 2. The molecule has 164 valence electrons. The third-order valence-electron chi connectivity index (χ3n) is 5.62. The van der Waals surface area contributed by atoms with Gasteiger partial charge in [0.2, 0.25) is 0 Å². The number of fused-ring (bicyclic) bond motifs is 2. The first-order chi connectivity index (χ1) is 14.7. The predicted molar refractivity (Wildman–Crippen MR) is 126 cm³/mol. The topological polar surface area (TPSA) is 70.6 Å². The SMILES string of the molecule is CN(C)CCN(C(=O)c1ccc2c(c1)CCCC2)c1nc2ccc(S(C)(=O)=O)cc2s1. The number of likely N-dealkylation sites (N-methyl/N-ethyl adjacent to an activating group) is 1. The van der Waals surface area contributed by atoms with E-state index in [0.29, 0.717) is 29.3 Å². The molecule has 0 fully saturated rings. The molecular formula is C23H27N3O3S2. The number of aromatic nitrogens is 1. The van der Waals surface area contributed by atoms with Gasteiger partial charge in [-0.05, 0) is 81.2 Å². The van der Waals surface area contributed by atoms with Gasteiger partial charge in [-0.15, -0.1) is 0 Å². The fourth-order valence-corrected chi connectivity index (χ4v) is 5.60. The number of carbonyl (C=O) groups is 1. The van der Waals surface area contributed by atoms with Crippen molar-refractivity contribution in [2.24, 2.45) is 0 Å². The second kappa shape index (κ2) is 8.68. The van der Waals surface area contributed by atoms with E-state index >= 15 is 0 Å². The first kappa shape index (κ1) is 21.9. The lowest BCUT2D eigenvalue weighted by atomic mass is 9.90. The van der Waals surface area contributed by atoms with Crippen molar-refractivity contribution in [1.29, 1.82) is 0 Å². The number of carbonyl (C=O) groups excluding carboxylic acids is 1. The van der Waals surface area contributed by atoms with Crippen LogP contribution in [0.3, 0.4) is 0 Å². The van der Waals surface area contributed by atoms with E-state index in [1.807, 2.05) is 31.1 Å². The molecule has 1 aliphatic carbocycles. The van der Waals surface area contributed by atoms with Crippen molar-refractivity contribution >= 4 is 42.4 Å². The van der Waals surface area contributed by atoms with E-state index in [9.17, 15) is 13.2 Å². The first-order valence-corrected chi connectivity index (χ1v) is 13.1. The average Bonchev–Trinajstić information content (AvgIpc) is 3.15. The van der Waals surface area contributed by atoms with Crippen LogP contribution in [0.25, 0.3) is 10.2 Å². The third-order valence-corrected chi connectivity index (χ3v) is 7.77. The minimum absolute atomic E-state index is 0.0717. The maximum Gasteiger partial charge on any atom is 0.260 e.